The van der Waals surface area contributed by atoms with Crippen LogP contribution in [0.4, 0.5) is 10.8 Å². The number of methoxy groups -OCH3 is 1. The van der Waals surface area contributed by atoms with Gasteiger partial charge in [0.2, 0.25) is 11.0 Å². The molecule has 23 heavy (non-hydrogen) atoms. The maximum Gasteiger partial charge on any atom is 0.377 e. The van der Waals surface area contributed by atoms with Crippen molar-refractivity contribution in [1.29, 1.82) is 0 Å². The van der Waals surface area contributed by atoms with Crippen LogP contribution in [0.2, 0.25) is 0 Å². The van der Waals surface area contributed by atoms with Gasteiger partial charge in [0.15, 0.2) is 0 Å². The molecule has 0 atom stereocenters. The fraction of sp³-hybridized carbons (Fsp3) is 0.167. The van der Waals surface area contributed by atoms with Gasteiger partial charge in [-0.1, -0.05) is 0 Å². The van der Waals surface area contributed by atoms with Gasteiger partial charge in [0.05, 0.1) is 12.0 Å². The summed E-state index contributed by atoms with van der Waals surface area (Å²) in [6.07, 6.45) is 0. The number of ether oxygens (including phenoxy) is 1. The minimum absolute atomic E-state index is 0.0265. The van der Waals surface area contributed by atoms with Gasteiger partial charge in [-0.3, -0.25) is 9.52 Å². The van der Waals surface area contributed by atoms with Crippen molar-refractivity contribution >= 4 is 44.3 Å². The van der Waals surface area contributed by atoms with E-state index in [2.05, 4.69) is 24.1 Å². The number of sulfonamides is 1. The number of nitrogens with one attached hydrogen (secondary N) is 2. The molecule has 0 fully saturated rings. The molecule has 2 N–H and O–H groups in total. The van der Waals surface area contributed by atoms with Crippen LogP contribution in [0.3, 0.4) is 0 Å². The lowest BCUT2D eigenvalue weighted by atomic mass is 10.3. The SMILES string of the molecule is COC(=O)c1nsc(NS(=O)(=O)c2ccc(NC(C)=O)cc2)n1. The molecule has 0 spiro atoms. The molecule has 0 saturated carbocycles. The van der Waals surface area contributed by atoms with Crippen molar-refractivity contribution in [3.63, 3.8) is 0 Å². The van der Waals surface area contributed by atoms with E-state index < -0.39 is 16.0 Å². The summed E-state index contributed by atoms with van der Waals surface area (Å²) in [5.74, 6) is -1.24. The second-order valence-electron chi connectivity index (χ2n) is 4.23. The second-order valence-corrected chi connectivity index (χ2v) is 6.66. The first kappa shape index (κ1) is 16.8. The van der Waals surface area contributed by atoms with Crippen LogP contribution in [0, 0.1) is 0 Å². The van der Waals surface area contributed by atoms with Gasteiger partial charge >= 0.3 is 5.97 Å². The third-order valence-electron chi connectivity index (χ3n) is 2.50. The van der Waals surface area contributed by atoms with Crippen molar-refractivity contribution in [3.05, 3.63) is 30.1 Å². The van der Waals surface area contributed by atoms with Gasteiger partial charge in [-0.15, -0.1) is 0 Å². The molecule has 1 aromatic heterocycles. The largest absolute Gasteiger partial charge is 0.463 e. The number of amides is 1. The molecule has 1 aromatic carbocycles. The smallest absolute Gasteiger partial charge is 0.377 e. The highest BCUT2D eigenvalue weighted by Gasteiger charge is 2.19. The topological polar surface area (TPSA) is 127 Å². The van der Waals surface area contributed by atoms with Gasteiger partial charge in [0.25, 0.3) is 15.8 Å². The van der Waals surface area contributed by atoms with Crippen molar-refractivity contribution in [2.24, 2.45) is 0 Å². The summed E-state index contributed by atoms with van der Waals surface area (Å²) in [4.78, 5) is 25.9. The molecule has 11 heteroatoms. The monoisotopic (exact) mass is 356 g/mol. The Balaban J connectivity index is 2.16. The van der Waals surface area contributed by atoms with Gasteiger partial charge in [-0.05, 0) is 24.3 Å². The van der Waals surface area contributed by atoms with Gasteiger partial charge in [-0.25, -0.2) is 13.2 Å². The molecule has 0 radical (unpaired) electrons. The molecular formula is C12H12N4O5S2. The molecular weight excluding hydrogens is 344 g/mol. The number of rotatable bonds is 5. The summed E-state index contributed by atoms with van der Waals surface area (Å²) in [6, 6.07) is 5.57. The summed E-state index contributed by atoms with van der Waals surface area (Å²) >= 11 is 0.717. The van der Waals surface area contributed by atoms with E-state index in [4.69, 9.17) is 0 Å². The van der Waals surface area contributed by atoms with Gasteiger partial charge in [0.1, 0.15) is 0 Å². The highest BCUT2D eigenvalue weighted by atomic mass is 32.2. The molecule has 9 nitrogen and oxygen atoms in total. The first-order valence-corrected chi connectivity index (χ1v) is 8.40. The highest BCUT2D eigenvalue weighted by Crippen LogP contribution is 2.19. The number of nitrogens with zero attached hydrogens (tertiary/aromatic N) is 2. The molecule has 2 rings (SSSR count). The standard InChI is InChI=1S/C12H12N4O5S2/c1-7(17)13-8-3-5-9(6-4-8)23(19,20)16-12-14-10(15-22-12)11(18)21-2/h3-6H,1-2H3,(H,13,17)(H,14,15,16). The fourth-order valence-corrected chi connectivity index (χ4v) is 3.32. The number of esters is 1. The van der Waals surface area contributed by atoms with E-state index in [0.29, 0.717) is 5.69 Å². The number of hydrogen-bond donors (Lipinski definition) is 2. The molecule has 122 valence electrons. The minimum atomic E-state index is -3.88. The zero-order valence-corrected chi connectivity index (χ0v) is 13.7. The van der Waals surface area contributed by atoms with E-state index in [0.717, 1.165) is 11.5 Å². The Morgan fingerprint density at radius 2 is 1.87 bits per heavy atom. The lowest BCUT2D eigenvalue weighted by molar-refractivity contribution is -0.114. The van der Waals surface area contributed by atoms with Crippen LogP contribution in [-0.2, 0) is 19.6 Å². The maximum atomic E-state index is 12.2. The zero-order chi connectivity index (χ0) is 17.0. The summed E-state index contributed by atoms with van der Waals surface area (Å²) in [6.45, 7) is 1.35. The predicted molar refractivity (Wildman–Crippen MR) is 82.8 cm³/mol. The Bertz CT molecular complexity index is 829. The molecule has 0 unspecified atom stereocenters. The van der Waals surface area contributed by atoms with Crippen molar-refractivity contribution in [1.82, 2.24) is 9.36 Å². The molecule has 1 heterocycles. The summed E-state index contributed by atoms with van der Waals surface area (Å²) in [7, 11) is -2.71. The summed E-state index contributed by atoms with van der Waals surface area (Å²) in [5.41, 5.74) is 0.473. The molecule has 0 bridgehead atoms. The molecule has 0 aliphatic carbocycles. The van der Waals surface area contributed by atoms with Crippen molar-refractivity contribution in [2.75, 3.05) is 17.1 Å². The second kappa shape index (κ2) is 6.71. The average molecular weight is 356 g/mol. The van der Waals surface area contributed by atoms with E-state index in [1.807, 2.05) is 0 Å². The first-order valence-electron chi connectivity index (χ1n) is 6.14. The molecule has 0 aliphatic heterocycles. The lowest BCUT2D eigenvalue weighted by Gasteiger charge is -2.06. The van der Waals surface area contributed by atoms with Crippen LogP contribution < -0.4 is 10.0 Å². The Morgan fingerprint density at radius 3 is 2.43 bits per heavy atom. The van der Waals surface area contributed by atoms with Crippen molar-refractivity contribution in [2.45, 2.75) is 11.8 Å². The van der Waals surface area contributed by atoms with Gasteiger partial charge in [-0.2, -0.15) is 9.36 Å². The predicted octanol–water partition coefficient (Wildman–Crippen LogP) is 1.08. The van der Waals surface area contributed by atoms with E-state index >= 15 is 0 Å². The molecule has 1 amide bonds. The van der Waals surface area contributed by atoms with Gasteiger partial charge in [0, 0.05) is 24.1 Å². The van der Waals surface area contributed by atoms with E-state index in [1.54, 1.807) is 0 Å². The lowest BCUT2D eigenvalue weighted by Crippen LogP contribution is -2.13. The van der Waals surface area contributed by atoms with Crippen LogP contribution in [0.1, 0.15) is 17.5 Å². The molecule has 2 aromatic rings. The van der Waals surface area contributed by atoms with Crippen molar-refractivity contribution in [3.8, 4) is 0 Å². The fourth-order valence-electron chi connectivity index (χ4n) is 1.53. The highest BCUT2D eigenvalue weighted by molar-refractivity contribution is 7.93. The van der Waals surface area contributed by atoms with Crippen LogP contribution in [0.5, 0.6) is 0 Å². The van der Waals surface area contributed by atoms with E-state index in [9.17, 15) is 18.0 Å². The number of aromatic nitrogens is 2. The third-order valence-corrected chi connectivity index (χ3v) is 4.62. The summed E-state index contributed by atoms with van der Waals surface area (Å²) in [5, 5.41) is 2.47. The Labute approximate surface area is 135 Å². The van der Waals surface area contributed by atoms with E-state index in [1.165, 1.54) is 38.3 Å². The Morgan fingerprint density at radius 1 is 1.22 bits per heavy atom. The number of carbonyl (C=O) groups is 2. The van der Waals surface area contributed by atoms with Crippen molar-refractivity contribution < 1.29 is 22.7 Å². The quantitative estimate of drug-likeness (QED) is 0.767. The molecule has 0 aliphatic rings. The Hall–Kier alpha value is -2.53. The number of benzene rings is 1. The first-order chi connectivity index (χ1) is 10.8. The van der Waals surface area contributed by atoms with Crippen LogP contribution in [0.25, 0.3) is 0 Å². The third kappa shape index (κ3) is 4.23. The maximum absolute atomic E-state index is 12.2. The van der Waals surface area contributed by atoms with Crippen LogP contribution >= 0.6 is 11.5 Å². The normalized spacial score (nSPS) is 10.9. The van der Waals surface area contributed by atoms with Crippen LogP contribution in [-0.4, -0.2) is 36.8 Å². The van der Waals surface area contributed by atoms with Gasteiger partial charge < -0.3 is 10.1 Å². The van der Waals surface area contributed by atoms with E-state index in [-0.39, 0.29) is 21.8 Å². The number of anilines is 2. The summed E-state index contributed by atoms with van der Waals surface area (Å²) < 4.78 is 34.8. The number of carbonyl (C=O) groups excluding carboxylic acids is 2. The Kier molecular flexibility index (Phi) is 4.91. The number of hydrogen-bond acceptors (Lipinski definition) is 8. The zero-order valence-electron chi connectivity index (χ0n) is 12.1. The minimum Gasteiger partial charge on any atom is -0.463 e. The average Bonchev–Trinajstić information content (AvgIpc) is 2.94. The van der Waals surface area contributed by atoms with Crippen LogP contribution in [0.15, 0.2) is 29.2 Å². The molecule has 0 saturated heterocycles.